The molecule has 3 rings (SSSR count). The predicted octanol–water partition coefficient (Wildman–Crippen LogP) is 3.20. The van der Waals surface area contributed by atoms with E-state index in [9.17, 15) is 9.59 Å². The van der Waals surface area contributed by atoms with E-state index in [0.29, 0.717) is 19.6 Å². The Morgan fingerprint density at radius 1 is 1.04 bits per heavy atom. The third kappa shape index (κ3) is 3.91. The molecule has 1 aromatic heterocycles. The molecule has 1 fully saturated rings. The molecule has 0 aliphatic carbocycles. The summed E-state index contributed by atoms with van der Waals surface area (Å²) in [5, 5.41) is 0. The molecule has 138 valence electrons. The van der Waals surface area contributed by atoms with Crippen LogP contribution in [0.5, 0.6) is 0 Å². The zero-order valence-electron chi connectivity index (χ0n) is 15.5. The van der Waals surface area contributed by atoms with Crippen molar-refractivity contribution in [1.29, 1.82) is 0 Å². The van der Waals surface area contributed by atoms with Gasteiger partial charge in [0.05, 0.1) is 6.54 Å². The standard InChI is InChI=1S/C20H24BrN3O2/c1-14-12-19(15(2)24(14)18-6-4-17(21)5-7-18)20(26)13-22-8-10-23(11-9-22)16(3)25/h4-7,12H,8-11,13H2,1-3H3. The van der Waals surface area contributed by atoms with Gasteiger partial charge in [-0.15, -0.1) is 0 Å². The highest BCUT2D eigenvalue weighted by molar-refractivity contribution is 9.10. The quantitative estimate of drug-likeness (QED) is 0.717. The Morgan fingerprint density at radius 3 is 2.23 bits per heavy atom. The summed E-state index contributed by atoms with van der Waals surface area (Å²) in [6.45, 7) is 8.90. The van der Waals surface area contributed by atoms with Crippen LogP contribution in [0.1, 0.15) is 28.7 Å². The van der Waals surface area contributed by atoms with Gasteiger partial charge in [-0.2, -0.15) is 0 Å². The summed E-state index contributed by atoms with van der Waals surface area (Å²) in [6.07, 6.45) is 0. The van der Waals surface area contributed by atoms with Gasteiger partial charge in [0, 0.05) is 60.2 Å². The van der Waals surface area contributed by atoms with Crippen molar-refractivity contribution in [3.05, 3.63) is 51.8 Å². The van der Waals surface area contributed by atoms with Crippen molar-refractivity contribution < 1.29 is 9.59 Å². The second kappa shape index (κ2) is 7.76. The number of amides is 1. The molecule has 26 heavy (non-hydrogen) atoms. The number of nitrogens with zero attached hydrogens (tertiary/aromatic N) is 3. The van der Waals surface area contributed by atoms with Crippen molar-refractivity contribution in [3.8, 4) is 5.69 Å². The molecule has 0 radical (unpaired) electrons. The number of ketones is 1. The first-order chi connectivity index (χ1) is 12.4. The molecular formula is C20H24BrN3O2. The summed E-state index contributed by atoms with van der Waals surface area (Å²) in [5.74, 6) is 0.242. The van der Waals surface area contributed by atoms with Crippen LogP contribution < -0.4 is 0 Å². The number of aromatic nitrogens is 1. The lowest BCUT2D eigenvalue weighted by Gasteiger charge is -2.33. The number of hydrogen-bond donors (Lipinski definition) is 0. The molecule has 6 heteroatoms. The number of carbonyl (C=O) groups is 2. The number of rotatable bonds is 4. The first-order valence-electron chi connectivity index (χ1n) is 8.83. The van der Waals surface area contributed by atoms with E-state index in [1.807, 2.05) is 49.1 Å². The highest BCUT2D eigenvalue weighted by atomic mass is 79.9. The lowest BCUT2D eigenvalue weighted by Crippen LogP contribution is -2.49. The molecule has 2 aromatic rings. The SMILES string of the molecule is CC(=O)N1CCN(CC(=O)c2cc(C)n(-c3ccc(Br)cc3)c2C)CC1. The topological polar surface area (TPSA) is 45.6 Å². The molecule has 0 atom stereocenters. The number of hydrogen-bond acceptors (Lipinski definition) is 3. The van der Waals surface area contributed by atoms with Crippen LogP contribution >= 0.6 is 15.9 Å². The van der Waals surface area contributed by atoms with Gasteiger partial charge in [-0.25, -0.2) is 0 Å². The van der Waals surface area contributed by atoms with Gasteiger partial charge in [-0.1, -0.05) is 15.9 Å². The predicted molar refractivity (Wildman–Crippen MR) is 106 cm³/mol. The van der Waals surface area contributed by atoms with Crippen molar-refractivity contribution in [3.63, 3.8) is 0 Å². The highest BCUT2D eigenvalue weighted by Gasteiger charge is 2.23. The Kier molecular flexibility index (Phi) is 5.63. The third-order valence-corrected chi connectivity index (χ3v) is 5.53. The summed E-state index contributed by atoms with van der Waals surface area (Å²) in [4.78, 5) is 28.2. The molecule has 1 amide bonds. The average Bonchev–Trinajstić information content (AvgIpc) is 2.91. The average molecular weight is 418 g/mol. The van der Waals surface area contributed by atoms with Crippen LogP contribution in [0.3, 0.4) is 0 Å². The van der Waals surface area contributed by atoms with E-state index in [1.165, 1.54) is 0 Å². The Labute approximate surface area is 162 Å². The second-order valence-electron chi connectivity index (χ2n) is 6.80. The van der Waals surface area contributed by atoms with Crippen molar-refractivity contribution in [2.75, 3.05) is 32.7 Å². The van der Waals surface area contributed by atoms with Gasteiger partial charge in [-0.05, 0) is 44.2 Å². The van der Waals surface area contributed by atoms with Crippen LogP contribution in [0.4, 0.5) is 0 Å². The molecule has 1 aliphatic heterocycles. The largest absolute Gasteiger partial charge is 0.340 e. The normalized spacial score (nSPS) is 15.3. The molecule has 1 saturated heterocycles. The van der Waals surface area contributed by atoms with Crippen LogP contribution in [0.15, 0.2) is 34.8 Å². The number of Topliss-reactive ketones (excluding diaryl/α,β-unsaturated/α-hetero) is 1. The minimum absolute atomic E-state index is 0.106. The molecule has 2 heterocycles. The van der Waals surface area contributed by atoms with Gasteiger partial charge >= 0.3 is 0 Å². The molecule has 0 bridgehead atoms. The number of halogens is 1. The molecule has 0 unspecified atom stereocenters. The van der Waals surface area contributed by atoms with Crippen LogP contribution in [-0.4, -0.2) is 58.8 Å². The van der Waals surface area contributed by atoms with Gasteiger partial charge in [0.1, 0.15) is 0 Å². The zero-order chi connectivity index (χ0) is 18.8. The van der Waals surface area contributed by atoms with Gasteiger partial charge in [0.2, 0.25) is 5.91 Å². The van der Waals surface area contributed by atoms with E-state index in [1.54, 1.807) is 6.92 Å². The van der Waals surface area contributed by atoms with Crippen molar-refractivity contribution in [2.24, 2.45) is 0 Å². The molecule has 0 N–H and O–H groups in total. The zero-order valence-corrected chi connectivity index (χ0v) is 17.0. The van der Waals surface area contributed by atoms with Crippen molar-refractivity contribution >= 4 is 27.6 Å². The Morgan fingerprint density at radius 2 is 1.65 bits per heavy atom. The smallest absolute Gasteiger partial charge is 0.219 e. The second-order valence-corrected chi connectivity index (χ2v) is 7.72. The van der Waals surface area contributed by atoms with Gasteiger partial charge in [-0.3, -0.25) is 14.5 Å². The van der Waals surface area contributed by atoms with Crippen LogP contribution in [0.25, 0.3) is 5.69 Å². The highest BCUT2D eigenvalue weighted by Crippen LogP contribution is 2.23. The maximum absolute atomic E-state index is 12.9. The molecule has 0 spiro atoms. The maximum Gasteiger partial charge on any atom is 0.219 e. The fourth-order valence-electron chi connectivity index (χ4n) is 3.54. The van der Waals surface area contributed by atoms with Crippen molar-refractivity contribution in [2.45, 2.75) is 20.8 Å². The molecular weight excluding hydrogens is 394 g/mol. The first kappa shape index (κ1) is 18.9. The summed E-state index contributed by atoms with van der Waals surface area (Å²) in [6, 6.07) is 10.1. The summed E-state index contributed by atoms with van der Waals surface area (Å²) >= 11 is 3.46. The van der Waals surface area contributed by atoms with E-state index >= 15 is 0 Å². The lowest BCUT2D eigenvalue weighted by atomic mass is 10.1. The summed E-state index contributed by atoms with van der Waals surface area (Å²) in [7, 11) is 0. The van der Waals surface area contributed by atoms with E-state index in [-0.39, 0.29) is 11.7 Å². The number of benzene rings is 1. The fraction of sp³-hybridized carbons (Fsp3) is 0.400. The van der Waals surface area contributed by atoms with Gasteiger partial charge < -0.3 is 9.47 Å². The number of carbonyl (C=O) groups excluding carboxylic acids is 2. The Bertz CT molecular complexity index is 818. The third-order valence-electron chi connectivity index (χ3n) is 5.00. The summed E-state index contributed by atoms with van der Waals surface area (Å²) < 4.78 is 3.15. The van der Waals surface area contributed by atoms with Gasteiger partial charge in [0.25, 0.3) is 0 Å². The minimum Gasteiger partial charge on any atom is -0.340 e. The van der Waals surface area contributed by atoms with Crippen LogP contribution in [-0.2, 0) is 4.79 Å². The minimum atomic E-state index is 0.106. The van der Waals surface area contributed by atoms with E-state index < -0.39 is 0 Å². The number of piperazine rings is 1. The fourth-order valence-corrected chi connectivity index (χ4v) is 3.81. The first-order valence-corrected chi connectivity index (χ1v) is 9.62. The van der Waals surface area contributed by atoms with Crippen molar-refractivity contribution in [1.82, 2.24) is 14.4 Å². The molecule has 0 saturated carbocycles. The van der Waals surface area contributed by atoms with E-state index in [4.69, 9.17) is 0 Å². The summed E-state index contributed by atoms with van der Waals surface area (Å²) in [5.41, 5.74) is 3.85. The Balaban J connectivity index is 1.74. The maximum atomic E-state index is 12.9. The van der Waals surface area contributed by atoms with E-state index in [2.05, 4.69) is 25.4 Å². The monoisotopic (exact) mass is 417 g/mol. The Hall–Kier alpha value is -1.92. The van der Waals surface area contributed by atoms with Crippen LogP contribution in [0.2, 0.25) is 0 Å². The van der Waals surface area contributed by atoms with Gasteiger partial charge in [0.15, 0.2) is 5.78 Å². The number of aryl methyl sites for hydroxylation is 1. The lowest BCUT2D eigenvalue weighted by molar-refractivity contribution is -0.130. The molecule has 1 aliphatic rings. The molecule has 1 aromatic carbocycles. The molecule has 5 nitrogen and oxygen atoms in total. The van der Waals surface area contributed by atoms with Crippen LogP contribution in [0, 0.1) is 13.8 Å². The van der Waals surface area contributed by atoms with E-state index in [0.717, 1.165) is 40.2 Å².